The summed E-state index contributed by atoms with van der Waals surface area (Å²) in [6.45, 7) is 5.74. The number of carbonyl (C=O) groups excluding carboxylic acids is 2. The fourth-order valence-corrected chi connectivity index (χ4v) is 3.87. The minimum absolute atomic E-state index is 0.0509. The molecule has 1 aromatic heterocycles. The van der Waals surface area contributed by atoms with Crippen molar-refractivity contribution in [2.75, 3.05) is 54.0 Å². The van der Waals surface area contributed by atoms with Crippen LogP contribution in [0.3, 0.4) is 0 Å². The van der Waals surface area contributed by atoms with Crippen LogP contribution in [-0.2, 0) is 20.9 Å². The number of aryl methyl sites for hydroxylation is 1. The second-order valence-corrected chi connectivity index (χ2v) is 8.18. The molecule has 0 aromatic carbocycles. The highest BCUT2D eigenvalue weighted by Gasteiger charge is 2.36. The summed E-state index contributed by atoms with van der Waals surface area (Å²) in [5, 5.41) is 0. The van der Waals surface area contributed by atoms with Crippen molar-refractivity contribution in [2.45, 2.75) is 19.9 Å². The molecule has 1 aromatic rings. The molecule has 140 valence electrons. The monoisotopic (exact) mass is 367 g/mol. The van der Waals surface area contributed by atoms with E-state index in [9.17, 15) is 9.59 Å². The molecule has 6 nitrogen and oxygen atoms in total. The lowest BCUT2D eigenvalue weighted by molar-refractivity contribution is -0.136. The maximum Gasteiger partial charge on any atom is 0.228 e. The van der Waals surface area contributed by atoms with E-state index in [-0.39, 0.29) is 17.7 Å². The first-order chi connectivity index (χ1) is 11.9. The Morgan fingerprint density at radius 2 is 2.12 bits per heavy atom. The molecule has 0 radical (unpaired) electrons. The van der Waals surface area contributed by atoms with E-state index in [1.165, 1.54) is 9.75 Å². The van der Waals surface area contributed by atoms with Gasteiger partial charge in [-0.15, -0.1) is 11.3 Å². The average molecular weight is 368 g/mol. The topological polar surface area (TPSA) is 53.1 Å². The number of likely N-dealkylation sites (N-methyl/N-ethyl adjacent to an activating group) is 1. The zero-order chi connectivity index (χ0) is 18.4. The Balaban J connectivity index is 2.02. The van der Waals surface area contributed by atoms with E-state index in [2.05, 4.69) is 24.0 Å². The number of likely N-dealkylation sites (tertiary alicyclic amines) is 1. The fraction of sp³-hybridized carbons (Fsp3) is 0.667. The number of hydrogen-bond donors (Lipinski definition) is 0. The number of rotatable bonds is 9. The lowest BCUT2D eigenvalue weighted by atomic mass is 10.1. The number of ether oxygens (including phenoxy) is 1. The normalized spacial score (nSPS) is 17.6. The molecule has 0 bridgehead atoms. The van der Waals surface area contributed by atoms with Crippen LogP contribution in [0, 0.1) is 12.8 Å². The molecule has 7 heteroatoms. The number of carbonyl (C=O) groups is 2. The van der Waals surface area contributed by atoms with Crippen molar-refractivity contribution in [3.05, 3.63) is 21.9 Å². The quantitative estimate of drug-likeness (QED) is 0.663. The van der Waals surface area contributed by atoms with Crippen LogP contribution < -0.4 is 0 Å². The second kappa shape index (κ2) is 9.31. The predicted molar refractivity (Wildman–Crippen MR) is 99.6 cm³/mol. The summed E-state index contributed by atoms with van der Waals surface area (Å²) in [4.78, 5) is 33.3. The molecule has 25 heavy (non-hydrogen) atoms. The predicted octanol–water partition coefficient (Wildman–Crippen LogP) is 1.44. The van der Waals surface area contributed by atoms with Crippen molar-refractivity contribution < 1.29 is 14.3 Å². The first-order valence-corrected chi connectivity index (χ1v) is 9.48. The first-order valence-electron chi connectivity index (χ1n) is 8.66. The smallest absolute Gasteiger partial charge is 0.228 e. The van der Waals surface area contributed by atoms with Crippen LogP contribution in [0.15, 0.2) is 12.1 Å². The average Bonchev–Trinajstić information content (AvgIpc) is 3.14. The Morgan fingerprint density at radius 3 is 2.72 bits per heavy atom. The van der Waals surface area contributed by atoms with Crippen LogP contribution in [0.5, 0.6) is 0 Å². The Labute approximate surface area is 154 Å². The summed E-state index contributed by atoms with van der Waals surface area (Å²) >= 11 is 1.72. The Morgan fingerprint density at radius 1 is 1.36 bits per heavy atom. The molecular weight excluding hydrogens is 338 g/mol. The molecule has 2 rings (SSSR count). The second-order valence-electron chi connectivity index (χ2n) is 6.81. The van der Waals surface area contributed by atoms with Gasteiger partial charge in [-0.25, -0.2) is 0 Å². The fourth-order valence-electron chi connectivity index (χ4n) is 2.96. The van der Waals surface area contributed by atoms with Crippen molar-refractivity contribution in [1.82, 2.24) is 14.7 Å². The first kappa shape index (κ1) is 19.9. The van der Waals surface area contributed by atoms with Crippen LogP contribution in [0.25, 0.3) is 0 Å². The molecule has 0 saturated carbocycles. The zero-order valence-electron chi connectivity index (χ0n) is 15.7. The van der Waals surface area contributed by atoms with Crippen molar-refractivity contribution in [1.29, 1.82) is 0 Å². The Bertz CT molecular complexity index is 588. The SMILES string of the molecule is COCCN1CC(C(=O)N(CCN(C)C)Cc2ccc(C)s2)CC1=O. The number of nitrogens with zero attached hydrogens (tertiary/aromatic N) is 3. The zero-order valence-corrected chi connectivity index (χ0v) is 16.5. The van der Waals surface area contributed by atoms with Gasteiger partial charge in [0.05, 0.1) is 19.1 Å². The van der Waals surface area contributed by atoms with Gasteiger partial charge < -0.3 is 19.4 Å². The van der Waals surface area contributed by atoms with Gasteiger partial charge in [-0.1, -0.05) is 0 Å². The highest BCUT2D eigenvalue weighted by atomic mass is 32.1. The number of thiophene rings is 1. The van der Waals surface area contributed by atoms with E-state index >= 15 is 0 Å². The molecule has 0 aliphatic carbocycles. The van der Waals surface area contributed by atoms with Crippen LogP contribution in [0.4, 0.5) is 0 Å². The molecule has 1 fully saturated rings. The van der Waals surface area contributed by atoms with E-state index in [0.29, 0.717) is 39.2 Å². The minimum Gasteiger partial charge on any atom is -0.383 e. The van der Waals surface area contributed by atoms with Crippen molar-refractivity contribution >= 4 is 23.2 Å². The van der Waals surface area contributed by atoms with Gasteiger partial charge in [0.1, 0.15) is 0 Å². The number of methoxy groups -OCH3 is 1. The van der Waals surface area contributed by atoms with Crippen molar-refractivity contribution in [3.63, 3.8) is 0 Å². The van der Waals surface area contributed by atoms with Crippen molar-refractivity contribution in [2.24, 2.45) is 5.92 Å². The summed E-state index contributed by atoms with van der Waals surface area (Å²) in [5.74, 6) is -0.108. The van der Waals surface area contributed by atoms with Gasteiger partial charge in [0.15, 0.2) is 0 Å². The van der Waals surface area contributed by atoms with Crippen molar-refractivity contribution in [3.8, 4) is 0 Å². The largest absolute Gasteiger partial charge is 0.383 e. The van der Waals surface area contributed by atoms with Gasteiger partial charge in [0.25, 0.3) is 0 Å². The van der Waals surface area contributed by atoms with E-state index in [1.54, 1.807) is 23.3 Å². The molecule has 2 heterocycles. The van der Waals surface area contributed by atoms with Gasteiger partial charge >= 0.3 is 0 Å². The Kier molecular flexibility index (Phi) is 7.40. The van der Waals surface area contributed by atoms with Crippen LogP contribution in [-0.4, -0.2) is 80.5 Å². The van der Waals surface area contributed by atoms with Gasteiger partial charge in [-0.2, -0.15) is 0 Å². The molecule has 1 aliphatic heterocycles. The molecule has 2 amide bonds. The number of amides is 2. The highest BCUT2D eigenvalue weighted by molar-refractivity contribution is 7.11. The summed E-state index contributed by atoms with van der Waals surface area (Å²) in [7, 11) is 5.63. The van der Waals surface area contributed by atoms with E-state index in [0.717, 1.165) is 6.54 Å². The van der Waals surface area contributed by atoms with Gasteiger partial charge in [0, 0.05) is 49.5 Å². The number of hydrogen-bond acceptors (Lipinski definition) is 5. The van der Waals surface area contributed by atoms with E-state index in [1.807, 2.05) is 19.0 Å². The molecule has 0 N–H and O–H groups in total. The summed E-state index contributed by atoms with van der Waals surface area (Å²) in [6, 6.07) is 4.17. The van der Waals surface area contributed by atoms with Gasteiger partial charge in [-0.05, 0) is 33.2 Å². The third-order valence-electron chi connectivity index (χ3n) is 4.40. The molecule has 0 spiro atoms. The summed E-state index contributed by atoms with van der Waals surface area (Å²) < 4.78 is 5.05. The maximum absolute atomic E-state index is 13.0. The lowest BCUT2D eigenvalue weighted by Crippen LogP contribution is -2.40. The van der Waals surface area contributed by atoms with E-state index < -0.39 is 0 Å². The van der Waals surface area contributed by atoms with Crippen LogP contribution in [0.2, 0.25) is 0 Å². The molecule has 1 aliphatic rings. The standard InChI is InChI=1S/C18H29N3O3S/c1-14-5-6-16(25-14)13-21(8-7-19(2)3)18(23)15-11-17(22)20(12-15)9-10-24-4/h5-6,15H,7-13H2,1-4H3. The van der Waals surface area contributed by atoms with E-state index in [4.69, 9.17) is 4.74 Å². The van der Waals surface area contributed by atoms with Crippen LogP contribution >= 0.6 is 11.3 Å². The highest BCUT2D eigenvalue weighted by Crippen LogP contribution is 2.23. The summed E-state index contributed by atoms with van der Waals surface area (Å²) in [5.41, 5.74) is 0. The van der Waals surface area contributed by atoms with Crippen LogP contribution in [0.1, 0.15) is 16.2 Å². The van der Waals surface area contributed by atoms with Gasteiger partial charge in [-0.3, -0.25) is 9.59 Å². The Hall–Kier alpha value is -1.44. The molecule has 1 saturated heterocycles. The minimum atomic E-state index is -0.243. The summed E-state index contributed by atoms with van der Waals surface area (Å²) in [6.07, 6.45) is 0.310. The maximum atomic E-state index is 13.0. The molecular formula is C18H29N3O3S. The molecule has 1 atom stereocenters. The third-order valence-corrected chi connectivity index (χ3v) is 5.39. The third kappa shape index (κ3) is 5.80. The lowest BCUT2D eigenvalue weighted by Gasteiger charge is -2.26. The molecule has 1 unspecified atom stereocenters. The van der Waals surface area contributed by atoms with Gasteiger partial charge in [0.2, 0.25) is 11.8 Å².